The predicted octanol–water partition coefficient (Wildman–Crippen LogP) is 2.79. The molecule has 0 bridgehead atoms. The van der Waals surface area contributed by atoms with Gasteiger partial charge in [0.15, 0.2) is 0 Å². The van der Waals surface area contributed by atoms with Crippen LogP contribution in [0.3, 0.4) is 0 Å². The molecule has 0 atom stereocenters. The fraction of sp³-hybridized carbons (Fsp3) is 1.00. The third-order valence-electron chi connectivity index (χ3n) is 0.764. The SMILES string of the molecule is CCCCOC(F)(F)I. The van der Waals surface area contributed by atoms with Gasteiger partial charge in [-0.25, -0.2) is 0 Å². The van der Waals surface area contributed by atoms with Gasteiger partial charge in [-0.05, 0) is 6.42 Å². The van der Waals surface area contributed by atoms with Crippen molar-refractivity contribution in [2.24, 2.45) is 0 Å². The molecule has 0 saturated heterocycles. The number of hydrogen-bond donors (Lipinski definition) is 0. The Balaban J connectivity index is 3.07. The summed E-state index contributed by atoms with van der Waals surface area (Å²) in [6.07, 6.45) is 1.57. The van der Waals surface area contributed by atoms with Crippen LogP contribution in [0.5, 0.6) is 0 Å². The summed E-state index contributed by atoms with van der Waals surface area (Å²) in [5, 5.41) is 0. The molecule has 0 fully saturated rings. The summed E-state index contributed by atoms with van der Waals surface area (Å²) in [6.45, 7) is 2.07. The predicted molar refractivity (Wildman–Crippen MR) is 39.8 cm³/mol. The van der Waals surface area contributed by atoms with E-state index < -0.39 is 4.12 Å². The van der Waals surface area contributed by atoms with Gasteiger partial charge < -0.3 is 4.74 Å². The minimum absolute atomic E-state index is 0.145. The normalized spacial score (nSPS) is 12.0. The molecule has 9 heavy (non-hydrogen) atoms. The summed E-state index contributed by atoms with van der Waals surface area (Å²) in [5.74, 6) is 0. The molecule has 0 aromatic heterocycles. The summed E-state index contributed by atoms with van der Waals surface area (Å²) in [7, 11) is 0. The van der Waals surface area contributed by atoms with Gasteiger partial charge in [0.25, 0.3) is 0 Å². The Kier molecular flexibility index (Phi) is 4.65. The van der Waals surface area contributed by atoms with Crippen LogP contribution in [0.25, 0.3) is 0 Å². The van der Waals surface area contributed by atoms with Crippen molar-refractivity contribution >= 4 is 22.6 Å². The molecule has 0 aromatic carbocycles. The zero-order valence-corrected chi connectivity index (χ0v) is 7.32. The Morgan fingerprint density at radius 3 is 2.44 bits per heavy atom. The van der Waals surface area contributed by atoms with Gasteiger partial charge in [-0.1, -0.05) is 13.3 Å². The molecule has 0 aromatic rings. The average molecular weight is 250 g/mol. The summed E-state index contributed by atoms with van der Waals surface area (Å²) < 4.78 is 24.8. The number of ether oxygens (including phenoxy) is 1. The number of halogens is 3. The van der Waals surface area contributed by atoms with Crippen LogP contribution in [0.15, 0.2) is 0 Å². The molecule has 0 spiro atoms. The lowest BCUT2D eigenvalue weighted by atomic mass is 10.4. The van der Waals surface area contributed by atoms with Crippen molar-refractivity contribution < 1.29 is 13.5 Å². The van der Waals surface area contributed by atoms with E-state index >= 15 is 0 Å². The molecule has 0 aliphatic heterocycles. The van der Waals surface area contributed by atoms with Crippen molar-refractivity contribution in [2.75, 3.05) is 6.61 Å². The molecule has 1 nitrogen and oxygen atoms in total. The van der Waals surface area contributed by atoms with E-state index in [-0.39, 0.29) is 6.61 Å². The van der Waals surface area contributed by atoms with Crippen LogP contribution in [0, 0.1) is 0 Å². The van der Waals surface area contributed by atoms with Gasteiger partial charge in [-0.2, -0.15) is 8.78 Å². The van der Waals surface area contributed by atoms with Crippen molar-refractivity contribution in [3.8, 4) is 0 Å². The van der Waals surface area contributed by atoms with Gasteiger partial charge in [-0.15, -0.1) is 0 Å². The molecule has 0 saturated carbocycles. The smallest absolute Gasteiger partial charge is 0.312 e. The third kappa shape index (κ3) is 8.55. The Labute approximate surface area is 66.9 Å². The van der Waals surface area contributed by atoms with E-state index in [0.717, 1.165) is 29.0 Å². The third-order valence-corrected chi connectivity index (χ3v) is 1.08. The first-order valence-electron chi connectivity index (χ1n) is 2.77. The Morgan fingerprint density at radius 1 is 1.56 bits per heavy atom. The second-order valence-electron chi connectivity index (χ2n) is 1.65. The maximum atomic E-state index is 11.8. The Morgan fingerprint density at radius 2 is 2.11 bits per heavy atom. The first kappa shape index (κ1) is 9.55. The topological polar surface area (TPSA) is 9.23 Å². The Hall–Kier alpha value is 0.550. The van der Waals surface area contributed by atoms with Crippen LogP contribution < -0.4 is 0 Å². The second kappa shape index (κ2) is 4.38. The highest BCUT2D eigenvalue weighted by Crippen LogP contribution is 2.23. The van der Waals surface area contributed by atoms with Crippen LogP contribution in [-0.4, -0.2) is 10.7 Å². The average Bonchev–Trinajstić information content (AvgIpc) is 1.63. The summed E-state index contributed by atoms with van der Waals surface area (Å²) >= 11 is 0.961. The van der Waals surface area contributed by atoms with Gasteiger partial charge in [0.2, 0.25) is 0 Å². The number of hydrogen-bond acceptors (Lipinski definition) is 1. The lowest BCUT2D eigenvalue weighted by Crippen LogP contribution is -2.11. The van der Waals surface area contributed by atoms with Crippen LogP contribution in [0.2, 0.25) is 0 Å². The molecule has 0 amide bonds. The molecule has 0 heterocycles. The molecule has 0 unspecified atom stereocenters. The van der Waals surface area contributed by atoms with E-state index in [1.165, 1.54) is 0 Å². The summed E-state index contributed by atoms with van der Waals surface area (Å²) in [6, 6.07) is 0. The van der Waals surface area contributed by atoms with Crippen LogP contribution in [0.4, 0.5) is 8.78 Å². The molecule has 0 N–H and O–H groups in total. The van der Waals surface area contributed by atoms with E-state index in [4.69, 9.17) is 0 Å². The monoisotopic (exact) mass is 250 g/mol. The van der Waals surface area contributed by atoms with Gasteiger partial charge in [-0.3, -0.25) is 0 Å². The zero-order chi connectivity index (χ0) is 7.33. The van der Waals surface area contributed by atoms with Gasteiger partial charge >= 0.3 is 4.12 Å². The molecule has 0 aliphatic carbocycles. The fourth-order valence-electron chi connectivity index (χ4n) is 0.332. The van der Waals surface area contributed by atoms with Crippen LogP contribution in [0.1, 0.15) is 19.8 Å². The van der Waals surface area contributed by atoms with Gasteiger partial charge in [0, 0.05) is 22.6 Å². The van der Waals surface area contributed by atoms with Crippen molar-refractivity contribution in [1.29, 1.82) is 0 Å². The molecule has 4 heteroatoms. The minimum atomic E-state index is -2.98. The maximum absolute atomic E-state index is 11.8. The van der Waals surface area contributed by atoms with E-state index in [9.17, 15) is 8.78 Å². The second-order valence-corrected chi connectivity index (χ2v) is 2.90. The van der Waals surface area contributed by atoms with Crippen molar-refractivity contribution in [3.63, 3.8) is 0 Å². The first-order valence-corrected chi connectivity index (χ1v) is 3.85. The summed E-state index contributed by atoms with van der Waals surface area (Å²) in [4.78, 5) is 0. The summed E-state index contributed by atoms with van der Waals surface area (Å²) in [5.41, 5.74) is 0. The highest BCUT2D eigenvalue weighted by atomic mass is 127. The highest BCUT2D eigenvalue weighted by molar-refractivity contribution is 14.1. The Bertz CT molecular complexity index is 71.8. The number of unbranched alkanes of at least 4 members (excludes halogenated alkanes) is 1. The zero-order valence-electron chi connectivity index (χ0n) is 5.16. The minimum Gasteiger partial charge on any atom is -0.312 e. The molecule has 56 valence electrons. The number of rotatable bonds is 4. The van der Waals surface area contributed by atoms with Crippen molar-refractivity contribution in [2.45, 2.75) is 23.9 Å². The van der Waals surface area contributed by atoms with Gasteiger partial charge in [0.05, 0.1) is 6.61 Å². The lowest BCUT2D eigenvalue weighted by Gasteiger charge is -2.07. The molecular formula is C5H9F2IO. The first-order chi connectivity index (χ1) is 4.06. The standard InChI is InChI=1S/C5H9F2IO/c1-2-3-4-9-5(6,7)8/h2-4H2,1H3. The molecule has 0 radical (unpaired) electrons. The van der Waals surface area contributed by atoms with E-state index in [0.29, 0.717) is 6.42 Å². The van der Waals surface area contributed by atoms with Gasteiger partial charge in [0.1, 0.15) is 0 Å². The van der Waals surface area contributed by atoms with Crippen LogP contribution >= 0.6 is 22.6 Å². The maximum Gasteiger partial charge on any atom is 0.407 e. The van der Waals surface area contributed by atoms with Crippen molar-refractivity contribution in [3.05, 3.63) is 0 Å². The molecule has 0 aliphatic rings. The van der Waals surface area contributed by atoms with Crippen LogP contribution in [-0.2, 0) is 4.74 Å². The van der Waals surface area contributed by atoms with E-state index in [1.54, 1.807) is 0 Å². The fourth-order valence-corrected chi connectivity index (χ4v) is 0.552. The quantitative estimate of drug-likeness (QED) is 0.423. The van der Waals surface area contributed by atoms with E-state index in [1.807, 2.05) is 6.92 Å². The number of alkyl halides is 3. The molecule has 0 rings (SSSR count). The lowest BCUT2D eigenvalue weighted by molar-refractivity contribution is -0.146. The highest BCUT2D eigenvalue weighted by Gasteiger charge is 2.23. The van der Waals surface area contributed by atoms with Crippen molar-refractivity contribution in [1.82, 2.24) is 0 Å². The largest absolute Gasteiger partial charge is 0.407 e. The molecular weight excluding hydrogens is 241 g/mol. The van der Waals surface area contributed by atoms with E-state index in [2.05, 4.69) is 4.74 Å².